The second kappa shape index (κ2) is 5.03. The fourth-order valence-corrected chi connectivity index (χ4v) is 2.03. The van der Waals surface area contributed by atoms with Crippen molar-refractivity contribution in [3.05, 3.63) is 24.0 Å². The van der Waals surface area contributed by atoms with Crippen LogP contribution in [0.4, 0.5) is 0 Å². The van der Waals surface area contributed by atoms with Gasteiger partial charge in [0.2, 0.25) is 0 Å². The highest BCUT2D eigenvalue weighted by atomic mass is 16.5. The Hall–Kier alpha value is -1.49. The number of nitrogens with zero attached hydrogens (tertiary/aromatic N) is 3. The molecule has 0 amide bonds. The summed E-state index contributed by atoms with van der Waals surface area (Å²) in [6, 6.07) is 0. The van der Waals surface area contributed by atoms with Gasteiger partial charge in [-0.25, -0.2) is 0 Å². The SMILES string of the molecule is CN1CC=C(C2C=COCC2=NN=N)CC1. The van der Waals surface area contributed by atoms with Crippen molar-refractivity contribution in [3.8, 4) is 0 Å². The normalized spacial score (nSPS) is 28.7. The molecular weight excluding hydrogens is 204 g/mol. The van der Waals surface area contributed by atoms with Gasteiger partial charge in [-0.15, -0.1) is 5.10 Å². The van der Waals surface area contributed by atoms with E-state index in [2.05, 4.69) is 28.3 Å². The Morgan fingerprint density at radius 2 is 2.44 bits per heavy atom. The van der Waals surface area contributed by atoms with E-state index >= 15 is 0 Å². The van der Waals surface area contributed by atoms with Gasteiger partial charge >= 0.3 is 0 Å². The van der Waals surface area contributed by atoms with E-state index in [1.807, 2.05) is 6.08 Å². The molecular formula is C11H16N4O. The van der Waals surface area contributed by atoms with E-state index in [9.17, 15) is 0 Å². The van der Waals surface area contributed by atoms with Crippen molar-refractivity contribution in [2.45, 2.75) is 6.42 Å². The van der Waals surface area contributed by atoms with Crippen LogP contribution in [-0.2, 0) is 4.74 Å². The molecule has 0 aromatic carbocycles. The average molecular weight is 220 g/mol. The van der Waals surface area contributed by atoms with E-state index in [4.69, 9.17) is 10.3 Å². The number of nitrogens with one attached hydrogen (secondary N) is 1. The quantitative estimate of drug-likeness (QED) is 0.438. The molecule has 0 aromatic rings. The van der Waals surface area contributed by atoms with Crippen LogP contribution in [0.2, 0.25) is 0 Å². The van der Waals surface area contributed by atoms with E-state index in [1.165, 1.54) is 5.57 Å². The lowest BCUT2D eigenvalue weighted by molar-refractivity contribution is 0.286. The van der Waals surface area contributed by atoms with Crippen molar-refractivity contribution in [2.24, 2.45) is 16.2 Å². The third-order valence-electron chi connectivity index (χ3n) is 2.98. The fourth-order valence-electron chi connectivity index (χ4n) is 2.03. The number of rotatable bonds is 2. The molecule has 0 saturated carbocycles. The van der Waals surface area contributed by atoms with Crippen molar-refractivity contribution in [2.75, 3.05) is 26.7 Å². The summed E-state index contributed by atoms with van der Waals surface area (Å²) in [5, 5.41) is 6.94. The zero-order valence-corrected chi connectivity index (χ0v) is 9.39. The van der Waals surface area contributed by atoms with Gasteiger partial charge in [0, 0.05) is 19.0 Å². The first-order chi connectivity index (χ1) is 7.81. The molecule has 5 nitrogen and oxygen atoms in total. The van der Waals surface area contributed by atoms with E-state index in [0.29, 0.717) is 6.61 Å². The van der Waals surface area contributed by atoms with Crippen LogP contribution < -0.4 is 0 Å². The fraction of sp³-hybridized carbons (Fsp3) is 0.545. The minimum Gasteiger partial charge on any atom is -0.495 e. The zero-order valence-electron chi connectivity index (χ0n) is 9.39. The van der Waals surface area contributed by atoms with Gasteiger partial charge in [-0.1, -0.05) is 16.9 Å². The van der Waals surface area contributed by atoms with Crippen molar-refractivity contribution >= 4 is 5.71 Å². The minimum absolute atomic E-state index is 0.177. The monoisotopic (exact) mass is 220 g/mol. The number of allylic oxidation sites excluding steroid dienone is 1. The van der Waals surface area contributed by atoms with Crippen LogP contribution in [0, 0.1) is 11.4 Å². The van der Waals surface area contributed by atoms with Crippen LogP contribution in [0.15, 0.2) is 34.3 Å². The topological polar surface area (TPSA) is 61.0 Å². The Kier molecular flexibility index (Phi) is 3.46. The number of likely N-dealkylation sites (N-methyl/N-ethyl adjacent to an activating group) is 1. The lowest BCUT2D eigenvalue weighted by Gasteiger charge is -2.27. The first kappa shape index (κ1) is 11.0. The van der Waals surface area contributed by atoms with Crippen molar-refractivity contribution in [3.63, 3.8) is 0 Å². The van der Waals surface area contributed by atoms with E-state index in [0.717, 1.165) is 25.2 Å². The zero-order chi connectivity index (χ0) is 11.4. The van der Waals surface area contributed by atoms with Crippen LogP contribution in [0.3, 0.4) is 0 Å². The number of hydrogen-bond donors (Lipinski definition) is 1. The molecule has 5 heteroatoms. The van der Waals surface area contributed by atoms with Crippen LogP contribution in [0.25, 0.3) is 0 Å². The Morgan fingerprint density at radius 3 is 3.12 bits per heavy atom. The molecule has 1 unspecified atom stereocenters. The van der Waals surface area contributed by atoms with Gasteiger partial charge in [-0.2, -0.15) is 5.53 Å². The molecule has 86 valence electrons. The minimum atomic E-state index is 0.177. The van der Waals surface area contributed by atoms with Gasteiger partial charge in [0.15, 0.2) is 0 Å². The van der Waals surface area contributed by atoms with Gasteiger partial charge in [0.25, 0.3) is 0 Å². The summed E-state index contributed by atoms with van der Waals surface area (Å²) in [6.07, 6.45) is 6.99. The maximum absolute atomic E-state index is 6.81. The molecule has 0 saturated heterocycles. The summed E-state index contributed by atoms with van der Waals surface area (Å²) >= 11 is 0. The standard InChI is InChI=1S/C11H16N4O/c1-15-5-2-9(3-6-15)10-4-7-16-8-11(10)13-14-12/h2,4,7,10,12H,3,5-6,8H2,1H3. The molecule has 2 rings (SSSR count). The molecule has 0 radical (unpaired) electrons. The molecule has 2 aliphatic rings. The highest BCUT2D eigenvalue weighted by molar-refractivity contribution is 5.92. The summed E-state index contributed by atoms with van der Waals surface area (Å²) in [5.41, 5.74) is 8.99. The Balaban J connectivity index is 2.17. The lowest BCUT2D eigenvalue weighted by atomic mass is 9.89. The van der Waals surface area contributed by atoms with Gasteiger partial charge in [-0.3, -0.25) is 0 Å². The maximum Gasteiger partial charge on any atom is 0.128 e. The van der Waals surface area contributed by atoms with Crippen LogP contribution in [-0.4, -0.2) is 37.4 Å². The first-order valence-corrected chi connectivity index (χ1v) is 5.40. The smallest absolute Gasteiger partial charge is 0.128 e. The van der Waals surface area contributed by atoms with Gasteiger partial charge in [-0.05, 0) is 19.5 Å². The second-order valence-electron chi connectivity index (χ2n) is 4.10. The molecule has 1 N–H and O–H groups in total. The Bertz CT molecular complexity index is 359. The van der Waals surface area contributed by atoms with Crippen molar-refractivity contribution in [1.82, 2.24) is 4.90 Å². The van der Waals surface area contributed by atoms with Crippen molar-refractivity contribution < 1.29 is 4.74 Å². The summed E-state index contributed by atoms with van der Waals surface area (Å²) in [6.45, 7) is 2.49. The molecule has 0 fully saturated rings. The summed E-state index contributed by atoms with van der Waals surface area (Å²) < 4.78 is 5.18. The third-order valence-corrected chi connectivity index (χ3v) is 2.98. The summed E-state index contributed by atoms with van der Waals surface area (Å²) in [4.78, 5) is 2.28. The van der Waals surface area contributed by atoms with Gasteiger partial charge in [0.1, 0.15) is 6.61 Å². The molecule has 2 heterocycles. The van der Waals surface area contributed by atoms with Gasteiger partial charge in [0.05, 0.1) is 12.0 Å². The molecule has 2 aliphatic heterocycles. The van der Waals surface area contributed by atoms with Crippen molar-refractivity contribution in [1.29, 1.82) is 5.53 Å². The van der Waals surface area contributed by atoms with E-state index in [1.54, 1.807) is 6.26 Å². The number of hydrogen-bond acceptors (Lipinski definition) is 4. The van der Waals surface area contributed by atoms with Crippen LogP contribution in [0.1, 0.15) is 6.42 Å². The van der Waals surface area contributed by atoms with E-state index < -0.39 is 0 Å². The highest BCUT2D eigenvalue weighted by Crippen LogP contribution is 2.24. The number of ether oxygens (including phenoxy) is 1. The average Bonchev–Trinajstić information content (AvgIpc) is 2.32. The van der Waals surface area contributed by atoms with E-state index in [-0.39, 0.29) is 5.92 Å². The first-order valence-electron chi connectivity index (χ1n) is 5.40. The van der Waals surface area contributed by atoms with Gasteiger partial charge < -0.3 is 9.64 Å². The maximum atomic E-state index is 6.81. The van der Waals surface area contributed by atoms with Crippen LogP contribution >= 0.6 is 0 Å². The third kappa shape index (κ3) is 2.36. The molecule has 0 aromatic heterocycles. The Labute approximate surface area is 95.0 Å². The summed E-state index contributed by atoms with van der Waals surface area (Å²) in [7, 11) is 2.11. The van der Waals surface area contributed by atoms with Crippen LogP contribution in [0.5, 0.6) is 0 Å². The molecule has 0 bridgehead atoms. The molecule has 0 spiro atoms. The lowest BCUT2D eigenvalue weighted by Crippen LogP contribution is -2.30. The predicted molar refractivity (Wildman–Crippen MR) is 61.4 cm³/mol. The highest BCUT2D eigenvalue weighted by Gasteiger charge is 2.23. The second-order valence-corrected chi connectivity index (χ2v) is 4.10. The Morgan fingerprint density at radius 1 is 1.56 bits per heavy atom. The molecule has 16 heavy (non-hydrogen) atoms. The largest absolute Gasteiger partial charge is 0.495 e. The predicted octanol–water partition coefficient (Wildman–Crippen LogP) is 1.80. The summed E-state index contributed by atoms with van der Waals surface area (Å²) in [5.74, 6) is 0.177. The molecule has 0 aliphatic carbocycles. The molecule has 1 atom stereocenters.